The van der Waals surface area contributed by atoms with E-state index < -0.39 is 0 Å². The maximum Gasteiger partial charge on any atom is 0.251 e. The average Bonchev–Trinajstić information content (AvgIpc) is 2.54. The van der Waals surface area contributed by atoms with Gasteiger partial charge in [0, 0.05) is 23.9 Å². The number of carbonyl (C=O) groups is 1. The van der Waals surface area contributed by atoms with Crippen LogP contribution in [-0.4, -0.2) is 30.9 Å². The van der Waals surface area contributed by atoms with Gasteiger partial charge in [0.15, 0.2) is 0 Å². The van der Waals surface area contributed by atoms with Crippen molar-refractivity contribution in [2.45, 2.75) is 6.92 Å². The predicted octanol–water partition coefficient (Wildman–Crippen LogP) is 2.90. The van der Waals surface area contributed by atoms with Crippen LogP contribution in [0.15, 0.2) is 47.5 Å². The van der Waals surface area contributed by atoms with Crippen LogP contribution in [0.3, 0.4) is 0 Å². The van der Waals surface area contributed by atoms with Crippen molar-refractivity contribution in [1.82, 2.24) is 5.32 Å². The Labute approximate surface area is 129 Å². The molecule has 2 aromatic carbocycles. The summed E-state index contributed by atoms with van der Waals surface area (Å²) in [7, 11) is 1.56. The molecular formula is C17H18N2O3. The van der Waals surface area contributed by atoms with Crippen LogP contribution in [0.5, 0.6) is 11.5 Å². The van der Waals surface area contributed by atoms with E-state index in [9.17, 15) is 9.90 Å². The molecule has 0 aliphatic rings. The second kappa shape index (κ2) is 7.26. The van der Waals surface area contributed by atoms with Gasteiger partial charge in [-0.15, -0.1) is 0 Å². The number of aromatic hydroxyl groups is 1. The fraction of sp³-hybridized carbons (Fsp3) is 0.176. The fourth-order valence-electron chi connectivity index (χ4n) is 1.90. The van der Waals surface area contributed by atoms with Crippen molar-refractivity contribution < 1.29 is 14.6 Å². The van der Waals surface area contributed by atoms with Gasteiger partial charge in [-0.05, 0) is 43.3 Å². The minimum absolute atomic E-state index is 0.115. The Kier molecular flexibility index (Phi) is 5.14. The summed E-state index contributed by atoms with van der Waals surface area (Å²) in [5.74, 6) is 0.614. The van der Waals surface area contributed by atoms with Crippen molar-refractivity contribution >= 4 is 17.8 Å². The number of nitrogens with zero attached hydrogens (tertiary/aromatic N) is 1. The SMILES string of the molecule is CCNC(=O)c1cccc(N=Cc2cc(OC)ccc2O)c1. The summed E-state index contributed by atoms with van der Waals surface area (Å²) in [5.41, 5.74) is 1.72. The molecule has 0 aliphatic carbocycles. The molecule has 0 saturated heterocycles. The topological polar surface area (TPSA) is 70.9 Å². The third kappa shape index (κ3) is 3.85. The number of methoxy groups -OCH3 is 1. The number of phenols is 1. The lowest BCUT2D eigenvalue weighted by Gasteiger charge is -2.04. The Bertz CT molecular complexity index is 696. The lowest BCUT2D eigenvalue weighted by molar-refractivity contribution is 0.0956. The van der Waals surface area contributed by atoms with E-state index in [1.54, 1.807) is 49.6 Å². The molecule has 2 N–H and O–H groups in total. The number of carbonyl (C=O) groups excluding carboxylic acids is 1. The minimum atomic E-state index is -0.135. The number of ether oxygens (including phenoxy) is 1. The van der Waals surface area contributed by atoms with E-state index >= 15 is 0 Å². The zero-order valence-electron chi connectivity index (χ0n) is 12.5. The number of hydrogen-bond acceptors (Lipinski definition) is 4. The molecule has 0 aliphatic heterocycles. The monoisotopic (exact) mass is 298 g/mol. The summed E-state index contributed by atoms with van der Waals surface area (Å²) < 4.78 is 5.11. The van der Waals surface area contributed by atoms with Crippen LogP contribution in [0.2, 0.25) is 0 Å². The Balaban J connectivity index is 2.23. The van der Waals surface area contributed by atoms with Gasteiger partial charge in [-0.1, -0.05) is 6.07 Å². The molecule has 114 valence electrons. The molecule has 5 heteroatoms. The molecule has 0 atom stereocenters. The molecular weight excluding hydrogens is 280 g/mol. The van der Waals surface area contributed by atoms with E-state index in [4.69, 9.17) is 4.74 Å². The van der Waals surface area contributed by atoms with Gasteiger partial charge in [0.1, 0.15) is 11.5 Å². The Hall–Kier alpha value is -2.82. The number of rotatable bonds is 5. The quantitative estimate of drug-likeness (QED) is 0.834. The summed E-state index contributed by atoms with van der Waals surface area (Å²) >= 11 is 0. The number of benzene rings is 2. The van der Waals surface area contributed by atoms with Gasteiger partial charge in [0.05, 0.1) is 12.8 Å². The van der Waals surface area contributed by atoms with Gasteiger partial charge in [-0.3, -0.25) is 9.79 Å². The predicted molar refractivity (Wildman–Crippen MR) is 86.4 cm³/mol. The summed E-state index contributed by atoms with van der Waals surface area (Å²) in [4.78, 5) is 16.1. The maximum absolute atomic E-state index is 11.8. The van der Waals surface area contributed by atoms with E-state index in [1.807, 2.05) is 6.92 Å². The third-order valence-corrected chi connectivity index (χ3v) is 3.03. The number of amides is 1. The second-order valence-corrected chi connectivity index (χ2v) is 4.59. The first-order chi connectivity index (χ1) is 10.6. The number of nitrogens with one attached hydrogen (secondary N) is 1. The van der Waals surface area contributed by atoms with E-state index in [0.717, 1.165) is 0 Å². The lowest BCUT2D eigenvalue weighted by atomic mass is 10.2. The summed E-state index contributed by atoms with van der Waals surface area (Å²) in [5, 5.41) is 12.6. The number of phenolic OH excluding ortho intramolecular Hbond substituents is 1. The Morgan fingerprint density at radius 2 is 2.14 bits per heavy atom. The average molecular weight is 298 g/mol. The van der Waals surface area contributed by atoms with Crippen LogP contribution in [0.4, 0.5) is 5.69 Å². The highest BCUT2D eigenvalue weighted by molar-refractivity contribution is 5.95. The standard InChI is InChI=1S/C17H18N2O3/c1-3-18-17(21)12-5-4-6-14(9-12)19-11-13-10-15(22-2)7-8-16(13)20/h4-11,20H,3H2,1-2H3,(H,18,21). The third-order valence-electron chi connectivity index (χ3n) is 3.03. The van der Waals surface area contributed by atoms with Gasteiger partial charge in [0.2, 0.25) is 0 Å². The molecule has 0 bridgehead atoms. The maximum atomic E-state index is 11.8. The zero-order valence-corrected chi connectivity index (χ0v) is 12.5. The molecule has 5 nitrogen and oxygen atoms in total. The van der Waals surface area contributed by atoms with Crippen molar-refractivity contribution in [2.24, 2.45) is 4.99 Å². The molecule has 2 aromatic rings. The molecule has 0 unspecified atom stereocenters. The van der Waals surface area contributed by atoms with Crippen LogP contribution >= 0.6 is 0 Å². The van der Waals surface area contributed by atoms with Crippen LogP contribution in [0, 0.1) is 0 Å². The molecule has 0 heterocycles. The van der Waals surface area contributed by atoms with Crippen molar-refractivity contribution in [3.8, 4) is 11.5 Å². The van der Waals surface area contributed by atoms with Gasteiger partial charge < -0.3 is 15.2 Å². The molecule has 0 aromatic heterocycles. The lowest BCUT2D eigenvalue weighted by Crippen LogP contribution is -2.22. The van der Waals surface area contributed by atoms with E-state index in [2.05, 4.69) is 10.3 Å². The highest BCUT2D eigenvalue weighted by atomic mass is 16.5. The van der Waals surface area contributed by atoms with Crippen molar-refractivity contribution in [2.75, 3.05) is 13.7 Å². The Morgan fingerprint density at radius 1 is 1.32 bits per heavy atom. The van der Waals surface area contributed by atoms with Gasteiger partial charge >= 0.3 is 0 Å². The van der Waals surface area contributed by atoms with Gasteiger partial charge in [-0.2, -0.15) is 0 Å². The normalized spacial score (nSPS) is 10.6. The van der Waals surface area contributed by atoms with E-state index in [0.29, 0.717) is 29.1 Å². The largest absolute Gasteiger partial charge is 0.507 e. The van der Waals surface area contributed by atoms with Crippen LogP contribution < -0.4 is 10.1 Å². The van der Waals surface area contributed by atoms with Crippen molar-refractivity contribution in [1.29, 1.82) is 0 Å². The van der Waals surface area contributed by atoms with Gasteiger partial charge in [0.25, 0.3) is 5.91 Å². The first kappa shape index (κ1) is 15.6. The molecule has 0 fully saturated rings. The molecule has 2 rings (SSSR count). The smallest absolute Gasteiger partial charge is 0.251 e. The second-order valence-electron chi connectivity index (χ2n) is 4.59. The van der Waals surface area contributed by atoms with Gasteiger partial charge in [-0.25, -0.2) is 0 Å². The number of aliphatic imine (C=N–C) groups is 1. The molecule has 22 heavy (non-hydrogen) atoms. The fourth-order valence-corrected chi connectivity index (χ4v) is 1.90. The highest BCUT2D eigenvalue weighted by Gasteiger charge is 2.04. The molecule has 0 radical (unpaired) electrons. The summed E-state index contributed by atoms with van der Waals surface area (Å²) in [6.45, 7) is 2.44. The first-order valence-corrected chi connectivity index (χ1v) is 6.93. The van der Waals surface area contributed by atoms with E-state index in [-0.39, 0.29) is 11.7 Å². The Morgan fingerprint density at radius 3 is 2.86 bits per heavy atom. The summed E-state index contributed by atoms with van der Waals surface area (Å²) in [6.07, 6.45) is 1.54. The summed E-state index contributed by atoms with van der Waals surface area (Å²) in [6, 6.07) is 11.9. The van der Waals surface area contributed by atoms with Crippen LogP contribution in [-0.2, 0) is 0 Å². The first-order valence-electron chi connectivity index (χ1n) is 6.93. The van der Waals surface area contributed by atoms with Crippen molar-refractivity contribution in [3.63, 3.8) is 0 Å². The zero-order chi connectivity index (χ0) is 15.9. The number of hydrogen-bond donors (Lipinski definition) is 2. The van der Waals surface area contributed by atoms with Crippen LogP contribution in [0.1, 0.15) is 22.8 Å². The van der Waals surface area contributed by atoms with E-state index in [1.165, 1.54) is 6.21 Å². The molecule has 0 saturated carbocycles. The molecule has 0 spiro atoms. The van der Waals surface area contributed by atoms with Crippen molar-refractivity contribution in [3.05, 3.63) is 53.6 Å². The minimum Gasteiger partial charge on any atom is -0.507 e. The molecule has 1 amide bonds. The van der Waals surface area contributed by atoms with Crippen LogP contribution in [0.25, 0.3) is 0 Å². The highest BCUT2D eigenvalue weighted by Crippen LogP contribution is 2.22.